The molecule has 0 spiro atoms. The molecule has 0 unspecified atom stereocenters. The summed E-state index contributed by atoms with van der Waals surface area (Å²) < 4.78 is 0. The van der Waals surface area contributed by atoms with Gasteiger partial charge in [0.05, 0.1) is 11.5 Å². The predicted octanol–water partition coefficient (Wildman–Crippen LogP) is 2.15. The number of hydrogen-bond acceptors (Lipinski definition) is 6. The largest absolute Gasteiger partial charge is 0.508 e. The second-order valence-corrected chi connectivity index (χ2v) is 4.91. The fourth-order valence-corrected chi connectivity index (χ4v) is 2.09. The fourth-order valence-electron chi connectivity index (χ4n) is 2.09. The smallest absolute Gasteiger partial charge is 0.290 e. The maximum atomic E-state index is 10.7. The van der Waals surface area contributed by atoms with Gasteiger partial charge >= 0.3 is 0 Å². The highest BCUT2D eigenvalue weighted by molar-refractivity contribution is 5.47. The van der Waals surface area contributed by atoms with Gasteiger partial charge in [-0.3, -0.25) is 10.1 Å². The molecular weight excluding hydrogens is 286 g/mol. The van der Waals surface area contributed by atoms with E-state index < -0.39 is 4.92 Å². The summed E-state index contributed by atoms with van der Waals surface area (Å²) in [6.07, 6.45) is 1.91. The van der Waals surface area contributed by atoms with Gasteiger partial charge in [-0.25, -0.2) is 4.98 Å². The molecule has 1 aromatic carbocycles. The normalized spacial score (nSPS) is 10.5. The zero-order valence-corrected chi connectivity index (χ0v) is 12.1. The van der Waals surface area contributed by atoms with E-state index >= 15 is 0 Å². The number of nitro groups is 1. The molecule has 0 atom stereocenters. The van der Waals surface area contributed by atoms with Gasteiger partial charge in [-0.15, -0.1) is 0 Å². The van der Waals surface area contributed by atoms with E-state index in [1.54, 1.807) is 31.2 Å². The number of aromatic hydroxyl groups is 1. The highest BCUT2D eigenvalue weighted by atomic mass is 16.6. The number of benzene rings is 1. The summed E-state index contributed by atoms with van der Waals surface area (Å²) in [5.41, 5.74) is 2.00. The molecule has 116 valence electrons. The maximum Gasteiger partial charge on any atom is 0.290 e. The molecule has 7 heteroatoms. The predicted molar refractivity (Wildman–Crippen MR) is 81.9 cm³/mol. The lowest BCUT2D eigenvalue weighted by molar-refractivity contribution is -0.385. The number of nitrogens with one attached hydrogen (secondary N) is 1. The number of aryl methyl sites for hydroxylation is 1. The Bertz CT molecular complexity index is 688. The third kappa shape index (κ3) is 3.70. The van der Waals surface area contributed by atoms with Crippen LogP contribution in [0.25, 0.3) is 0 Å². The molecule has 0 saturated heterocycles. The Kier molecular flexibility index (Phi) is 4.90. The minimum atomic E-state index is -0.459. The molecule has 2 rings (SSSR count). The molecule has 0 fully saturated rings. The molecule has 1 aromatic heterocycles. The van der Waals surface area contributed by atoms with Crippen molar-refractivity contribution in [1.29, 1.82) is 0 Å². The summed E-state index contributed by atoms with van der Waals surface area (Å²) in [6.45, 7) is 2.04. The standard InChI is InChI=1S/C15H17N3O4/c1-10-6-15(17-8-13(10)18(21)22)16-5-4-11-2-3-14(20)12(7-11)9-19/h2-3,6-8,19-20H,4-5,9H2,1H3,(H,16,17). The quantitative estimate of drug-likeness (QED) is 0.557. The Morgan fingerprint density at radius 1 is 1.36 bits per heavy atom. The van der Waals surface area contributed by atoms with Crippen LogP contribution in [0.4, 0.5) is 11.5 Å². The molecule has 0 aliphatic rings. The lowest BCUT2D eigenvalue weighted by Gasteiger charge is -2.08. The fraction of sp³-hybridized carbons (Fsp3) is 0.267. The van der Waals surface area contributed by atoms with Crippen molar-refractivity contribution in [2.75, 3.05) is 11.9 Å². The van der Waals surface area contributed by atoms with E-state index in [0.29, 0.717) is 29.9 Å². The topological polar surface area (TPSA) is 109 Å². The summed E-state index contributed by atoms with van der Waals surface area (Å²) in [6, 6.07) is 6.71. The van der Waals surface area contributed by atoms with Crippen LogP contribution in [-0.2, 0) is 13.0 Å². The lowest BCUT2D eigenvalue weighted by atomic mass is 10.1. The molecular formula is C15H17N3O4. The molecule has 2 aromatic rings. The number of hydrogen-bond donors (Lipinski definition) is 3. The van der Waals surface area contributed by atoms with Crippen molar-refractivity contribution < 1.29 is 15.1 Å². The van der Waals surface area contributed by atoms with E-state index in [0.717, 1.165) is 5.56 Å². The summed E-state index contributed by atoms with van der Waals surface area (Å²) in [5.74, 6) is 0.649. The zero-order chi connectivity index (χ0) is 16.1. The monoisotopic (exact) mass is 303 g/mol. The SMILES string of the molecule is Cc1cc(NCCc2ccc(O)c(CO)c2)ncc1[N+](=O)[O-]. The Morgan fingerprint density at radius 2 is 2.14 bits per heavy atom. The first-order chi connectivity index (χ1) is 10.5. The molecule has 7 nitrogen and oxygen atoms in total. The molecule has 0 saturated carbocycles. The van der Waals surface area contributed by atoms with Gasteiger partial charge in [-0.2, -0.15) is 0 Å². The Morgan fingerprint density at radius 3 is 2.77 bits per heavy atom. The number of aliphatic hydroxyl groups is 1. The molecule has 0 amide bonds. The summed E-state index contributed by atoms with van der Waals surface area (Å²) in [4.78, 5) is 14.3. The summed E-state index contributed by atoms with van der Waals surface area (Å²) >= 11 is 0. The van der Waals surface area contributed by atoms with Crippen molar-refractivity contribution in [3.63, 3.8) is 0 Å². The lowest BCUT2D eigenvalue weighted by Crippen LogP contribution is -2.07. The van der Waals surface area contributed by atoms with Crippen LogP contribution in [0, 0.1) is 17.0 Å². The van der Waals surface area contributed by atoms with E-state index in [9.17, 15) is 15.2 Å². The van der Waals surface area contributed by atoms with Gasteiger partial charge in [0.2, 0.25) is 0 Å². The first kappa shape index (κ1) is 15.7. The van der Waals surface area contributed by atoms with Gasteiger partial charge in [-0.1, -0.05) is 6.07 Å². The van der Waals surface area contributed by atoms with Gasteiger partial charge in [-0.05, 0) is 37.1 Å². The number of phenols is 1. The highest BCUT2D eigenvalue weighted by Crippen LogP contribution is 2.20. The molecule has 3 N–H and O–H groups in total. The van der Waals surface area contributed by atoms with Crippen molar-refractivity contribution >= 4 is 11.5 Å². The van der Waals surface area contributed by atoms with Crippen molar-refractivity contribution in [3.8, 4) is 5.75 Å². The molecule has 1 heterocycles. The van der Waals surface area contributed by atoms with Crippen LogP contribution < -0.4 is 5.32 Å². The molecule has 0 radical (unpaired) electrons. The summed E-state index contributed by atoms with van der Waals surface area (Å²) in [7, 11) is 0. The third-order valence-corrected chi connectivity index (χ3v) is 3.31. The summed E-state index contributed by atoms with van der Waals surface area (Å²) in [5, 5.41) is 32.4. The van der Waals surface area contributed by atoms with Crippen LogP contribution >= 0.6 is 0 Å². The minimum absolute atomic E-state index is 0.00308. The molecule has 22 heavy (non-hydrogen) atoms. The first-order valence-corrected chi connectivity index (χ1v) is 6.78. The third-order valence-electron chi connectivity index (χ3n) is 3.31. The molecule has 0 aliphatic heterocycles. The second-order valence-electron chi connectivity index (χ2n) is 4.91. The van der Waals surface area contributed by atoms with Gasteiger partial charge in [0.15, 0.2) is 0 Å². The van der Waals surface area contributed by atoms with Crippen LogP contribution in [0.1, 0.15) is 16.7 Å². The molecule has 0 bridgehead atoms. The van der Waals surface area contributed by atoms with Crippen LogP contribution in [0.15, 0.2) is 30.5 Å². The Hall–Kier alpha value is -2.67. The first-order valence-electron chi connectivity index (χ1n) is 6.78. The number of aliphatic hydroxyl groups excluding tert-OH is 1. The number of anilines is 1. The van der Waals surface area contributed by atoms with Crippen LogP contribution in [0.3, 0.4) is 0 Å². The second kappa shape index (κ2) is 6.86. The maximum absolute atomic E-state index is 10.7. The van der Waals surface area contributed by atoms with Gasteiger partial charge in [0.1, 0.15) is 17.8 Å². The zero-order valence-electron chi connectivity index (χ0n) is 12.1. The number of aromatic nitrogens is 1. The van der Waals surface area contributed by atoms with Crippen molar-refractivity contribution in [3.05, 3.63) is 57.3 Å². The van der Waals surface area contributed by atoms with E-state index in [1.807, 2.05) is 0 Å². The van der Waals surface area contributed by atoms with E-state index in [1.165, 1.54) is 6.20 Å². The van der Waals surface area contributed by atoms with Crippen LogP contribution in [0.5, 0.6) is 5.75 Å². The van der Waals surface area contributed by atoms with E-state index in [2.05, 4.69) is 10.3 Å². The average molecular weight is 303 g/mol. The van der Waals surface area contributed by atoms with Crippen LogP contribution in [0.2, 0.25) is 0 Å². The Balaban J connectivity index is 1.96. The highest BCUT2D eigenvalue weighted by Gasteiger charge is 2.11. The van der Waals surface area contributed by atoms with Gasteiger partial charge < -0.3 is 15.5 Å². The average Bonchev–Trinajstić information content (AvgIpc) is 2.48. The van der Waals surface area contributed by atoms with Crippen molar-refractivity contribution in [1.82, 2.24) is 4.98 Å². The number of nitrogens with zero attached hydrogens (tertiary/aromatic N) is 2. The van der Waals surface area contributed by atoms with Gasteiger partial charge in [0, 0.05) is 17.7 Å². The number of pyridine rings is 1. The van der Waals surface area contributed by atoms with E-state index in [-0.39, 0.29) is 18.0 Å². The Labute approximate surface area is 127 Å². The van der Waals surface area contributed by atoms with Crippen molar-refractivity contribution in [2.45, 2.75) is 20.0 Å². The van der Waals surface area contributed by atoms with Crippen molar-refractivity contribution in [2.24, 2.45) is 0 Å². The van der Waals surface area contributed by atoms with E-state index in [4.69, 9.17) is 5.11 Å². The number of rotatable bonds is 6. The minimum Gasteiger partial charge on any atom is -0.508 e. The van der Waals surface area contributed by atoms with Crippen LogP contribution in [-0.4, -0.2) is 26.7 Å². The molecule has 0 aliphatic carbocycles. The van der Waals surface area contributed by atoms with Gasteiger partial charge in [0.25, 0.3) is 5.69 Å².